The maximum absolute atomic E-state index is 14.9. The molecule has 1 aromatic rings. The summed E-state index contributed by atoms with van der Waals surface area (Å²) in [5.74, 6) is -2.04. The molecule has 2 fully saturated rings. The first-order valence-electron chi connectivity index (χ1n) is 23.2. The molecule has 4 rings (SSSR count). The highest BCUT2D eigenvalue weighted by atomic mass is 16.7. The highest BCUT2D eigenvalue weighted by Crippen LogP contribution is 2.42. The Morgan fingerprint density at radius 1 is 0.940 bits per heavy atom. The molecule has 0 aliphatic carbocycles. The van der Waals surface area contributed by atoms with Crippen molar-refractivity contribution in [3.05, 3.63) is 30.4 Å². The topological polar surface area (TPSA) is 199 Å². The van der Waals surface area contributed by atoms with E-state index in [1.807, 2.05) is 32.7 Å². The Balaban J connectivity index is 1.94. The van der Waals surface area contributed by atoms with E-state index in [-0.39, 0.29) is 42.8 Å². The van der Waals surface area contributed by atoms with E-state index in [0.29, 0.717) is 19.4 Å². The number of esters is 3. The molecular weight excluding hydrogens is 871 g/mol. The number of terminal acetylenes is 1. The fraction of sp³-hybridized carbons (Fsp3) is 0.755. The Morgan fingerprint density at radius 2 is 1.58 bits per heavy atom. The third-order valence-electron chi connectivity index (χ3n) is 13.7. The van der Waals surface area contributed by atoms with Gasteiger partial charge in [0.2, 0.25) is 0 Å². The number of likely N-dealkylation sites (N-methyl/N-ethyl adjacent to an activating group) is 1. The Labute approximate surface area is 396 Å². The van der Waals surface area contributed by atoms with Crippen LogP contribution in [-0.4, -0.2) is 150 Å². The molecule has 18 heteroatoms. The molecule has 0 aromatic carbocycles. The molecule has 0 N–H and O–H groups in total. The zero-order chi connectivity index (χ0) is 50.2. The molecule has 3 aliphatic heterocycles. The number of ether oxygens (including phenoxy) is 10. The lowest BCUT2D eigenvalue weighted by Crippen LogP contribution is -2.62. The summed E-state index contributed by atoms with van der Waals surface area (Å²) in [6.45, 7) is 20.6. The first-order valence-corrected chi connectivity index (χ1v) is 23.2. The van der Waals surface area contributed by atoms with Crippen LogP contribution in [0.25, 0.3) is 0 Å². The summed E-state index contributed by atoms with van der Waals surface area (Å²) in [4.78, 5) is 74.0. The van der Waals surface area contributed by atoms with Crippen LogP contribution in [0.5, 0.6) is 0 Å². The fourth-order valence-electron chi connectivity index (χ4n) is 9.97. The van der Waals surface area contributed by atoms with Crippen LogP contribution in [0, 0.1) is 30.1 Å². The number of Topliss-reactive ketones (excluding diaryl/α,β-unsaturated/α-hetero) is 1. The monoisotopic (exact) mass is 946 g/mol. The van der Waals surface area contributed by atoms with Crippen LogP contribution >= 0.6 is 0 Å². The fourth-order valence-corrected chi connectivity index (χ4v) is 9.97. The second kappa shape index (κ2) is 23.4. The van der Waals surface area contributed by atoms with Gasteiger partial charge in [0.15, 0.2) is 36.2 Å². The van der Waals surface area contributed by atoms with E-state index in [2.05, 4.69) is 10.9 Å². The third kappa shape index (κ3) is 13.3. The molecule has 0 saturated carbocycles. The quantitative estimate of drug-likeness (QED) is 0.130. The van der Waals surface area contributed by atoms with Gasteiger partial charge in [0.25, 0.3) is 0 Å². The Kier molecular flexibility index (Phi) is 19.3. The lowest BCUT2D eigenvalue weighted by Gasteiger charge is -2.50. The molecular formula is C49H75N3O15. The second-order valence-electron chi connectivity index (χ2n) is 19.1. The Hall–Kier alpha value is -4.22. The molecule has 18 nitrogen and oxygen atoms in total. The lowest BCUT2D eigenvalue weighted by atomic mass is 9.76. The van der Waals surface area contributed by atoms with Gasteiger partial charge >= 0.3 is 24.0 Å². The summed E-state index contributed by atoms with van der Waals surface area (Å²) >= 11 is 0. The van der Waals surface area contributed by atoms with Crippen molar-refractivity contribution < 1.29 is 71.3 Å². The molecule has 0 unspecified atom stereocenters. The molecule has 16 atom stereocenters. The molecule has 0 bridgehead atoms. The molecule has 4 heterocycles. The van der Waals surface area contributed by atoms with Gasteiger partial charge in [-0.1, -0.05) is 20.8 Å². The van der Waals surface area contributed by atoms with Crippen molar-refractivity contribution in [1.82, 2.24) is 14.5 Å². The summed E-state index contributed by atoms with van der Waals surface area (Å²) < 4.78 is 64.8. The van der Waals surface area contributed by atoms with E-state index < -0.39 is 108 Å². The summed E-state index contributed by atoms with van der Waals surface area (Å²) in [5.41, 5.74) is -3.82. The first-order chi connectivity index (χ1) is 31.4. The summed E-state index contributed by atoms with van der Waals surface area (Å²) in [6, 6.07) is -0.375. The number of nitrogens with zero attached hydrogens (tertiary/aromatic N) is 3. The molecule has 3 aliphatic rings. The van der Waals surface area contributed by atoms with E-state index in [9.17, 15) is 24.0 Å². The Morgan fingerprint density at radius 3 is 2.15 bits per heavy atom. The maximum atomic E-state index is 14.9. The van der Waals surface area contributed by atoms with E-state index >= 15 is 0 Å². The molecule has 0 spiro atoms. The van der Waals surface area contributed by atoms with Crippen LogP contribution in [0.2, 0.25) is 0 Å². The maximum Gasteiger partial charge on any atom is 0.420 e. The van der Waals surface area contributed by atoms with Gasteiger partial charge in [-0.05, 0) is 86.4 Å². The number of methoxy groups -OCH3 is 2. The zero-order valence-electron chi connectivity index (χ0n) is 42.1. The number of hydrogen-bond acceptors (Lipinski definition) is 17. The van der Waals surface area contributed by atoms with Gasteiger partial charge in [0.05, 0.1) is 42.0 Å². The van der Waals surface area contributed by atoms with Crippen LogP contribution in [-0.2, 0) is 66.5 Å². The zero-order valence-corrected chi connectivity index (χ0v) is 42.1. The number of allylic oxidation sites excluding steroid dienone is 1. The van der Waals surface area contributed by atoms with Crippen molar-refractivity contribution >= 4 is 29.8 Å². The van der Waals surface area contributed by atoms with Gasteiger partial charge in [-0.2, -0.15) is 0 Å². The summed E-state index contributed by atoms with van der Waals surface area (Å²) in [7, 11) is 4.91. The van der Waals surface area contributed by atoms with E-state index in [1.54, 1.807) is 48.5 Å². The minimum absolute atomic E-state index is 0.0722. The number of rotatable bonds is 13. The minimum atomic E-state index is -1.65. The van der Waals surface area contributed by atoms with Gasteiger partial charge in [0, 0.05) is 71.7 Å². The van der Waals surface area contributed by atoms with Gasteiger partial charge < -0.3 is 47.4 Å². The van der Waals surface area contributed by atoms with E-state index in [1.165, 1.54) is 52.9 Å². The van der Waals surface area contributed by atoms with Gasteiger partial charge in [-0.3, -0.25) is 24.1 Å². The van der Waals surface area contributed by atoms with Crippen LogP contribution in [0.4, 0.5) is 4.79 Å². The standard InChI is InChI=1S/C49H75N3O15/c1-17-19-21-51(14)36-23-30(5)60-45(41(36)62-34(9)53)66-42-31(6)40(65-38-26-49(13,59-16)43(33(8)61-38)63-35(10)54)32(7)44(56)64-37(18-2)47(11,67-46(57)52-22-20-50-27-52)24-28(3)39(55)29(4)25-48(42,12)58-15/h1,20,22,24,27,29-33,36-38,40-43,45H,18-19,21,23,25-26H2,2-16H3/b28-24+/t29-,30-,31+,32-,33+,36+,37-,38-,40+,41-,42-,43+,45+,47+,48-,49-/m1/s1. The predicted octanol–water partition coefficient (Wildman–Crippen LogP) is 5.81. The van der Waals surface area contributed by atoms with Gasteiger partial charge in [-0.15, -0.1) is 12.3 Å². The normalized spacial score (nSPS) is 38.7. The van der Waals surface area contributed by atoms with Crippen molar-refractivity contribution in [2.24, 2.45) is 17.8 Å². The number of cyclic esters (lactones) is 1. The SMILES string of the molecule is C#CCCN(C)[C@H]1C[C@@H](C)O[C@@H](O[C@@H]2[C@@H](C)[C@H](O[C@@H]3C[C@@](C)(OC)[C@@H](OC(C)=O)[C@H](C)O3)[C@@H](C)C(=O)O[C@H](CC)[C@@](C)(OC(=O)n3ccnc3)/C=C(\C)C(=O)[C@H](C)C[C@@]2(C)OC)[C@@H]1OC(C)=O. The van der Waals surface area contributed by atoms with Crippen LogP contribution < -0.4 is 0 Å². The van der Waals surface area contributed by atoms with Gasteiger partial charge in [0.1, 0.15) is 18.0 Å². The third-order valence-corrected chi connectivity index (χ3v) is 13.7. The van der Waals surface area contributed by atoms with Crippen molar-refractivity contribution in [2.45, 2.75) is 193 Å². The number of ketones is 1. The number of carbonyl (C=O) groups is 5. The Bertz CT molecular complexity index is 1940. The van der Waals surface area contributed by atoms with Gasteiger partial charge in [-0.25, -0.2) is 14.3 Å². The van der Waals surface area contributed by atoms with Crippen molar-refractivity contribution in [3.63, 3.8) is 0 Å². The van der Waals surface area contributed by atoms with E-state index in [4.69, 9.17) is 53.8 Å². The average Bonchev–Trinajstić information content (AvgIpc) is 3.82. The smallest absolute Gasteiger partial charge is 0.420 e. The van der Waals surface area contributed by atoms with Crippen molar-refractivity contribution in [1.29, 1.82) is 0 Å². The van der Waals surface area contributed by atoms with Crippen molar-refractivity contribution in [3.8, 4) is 12.3 Å². The molecule has 1 aromatic heterocycles. The van der Waals surface area contributed by atoms with Crippen LogP contribution in [0.1, 0.15) is 115 Å². The molecule has 0 radical (unpaired) electrons. The minimum Gasteiger partial charge on any atom is -0.457 e. The number of carbonyl (C=O) groups excluding carboxylic acids is 5. The highest BCUT2D eigenvalue weighted by molar-refractivity contribution is 5.96. The number of hydrogen-bond donors (Lipinski definition) is 0. The van der Waals surface area contributed by atoms with E-state index in [0.717, 1.165) is 4.57 Å². The van der Waals surface area contributed by atoms with Crippen molar-refractivity contribution in [2.75, 3.05) is 27.8 Å². The van der Waals surface area contributed by atoms with Crippen LogP contribution in [0.3, 0.4) is 0 Å². The summed E-state index contributed by atoms with van der Waals surface area (Å²) in [6.07, 6.45) is 3.44. The molecule has 67 heavy (non-hydrogen) atoms. The second-order valence-corrected chi connectivity index (χ2v) is 19.1. The predicted molar refractivity (Wildman–Crippen MR) is 243 cm³/mol. The molecule has 2 saturated heterocycles. The average molecular weight is 946 g/mol. The number of imidazole rings is 1. The largest absolute Gasteiger partial charge is 0.457 e. The van der Waals surface area contributed by atoms with Crippen LogP contribution in [0.15, 0.2) is 30.4 Å². The summed E-state index contributed by atoms with van der Waals surface area (Å²) in [5, 5.41) is 0. The lowest BCUT2D eigenvalue weighted by molar-refractivity contribution is -0.321. The highest BCUT2D eigenvalue weighted by Gasteiger charge is 2.54. The first kappa shape index (κ1) is 55.4. The molecule has 376 valence electrons. The molecule has 0 amide bonds. The number of aromatic nitrogens is 2.